The van der Waals surface area contributed by atoms with Crippen molar-refractivity contribution < 1.29 is 4.79 Å². The number of aryl methyl sites for hydroxylation is 1. The molecule has 2 aromatic carbocycles. The van der Waals surface area contributed by atoms with Crippen LogP contribution in [0.25, 0.3) is 16.7 Å². The third kappa shape index (κ3) is 4.22. The molecular weight excluding hydrogens is 412 g/mol. The highest BCUT2D eigenvalue weighted by Crippen LogP contribution is 2.25. The number of rotatable bonds is 4. The second-order valence-electron chi connectivity index (χ2n) is 8.35. The Labute approximate surface area is 185 Å². The molecule has 0 saturated carbocycles. The summed E-state index contributed by atoms with van der Waals surface area (Å²) in [5.41, 5.74) is 9.72. The van der Waals surface area contributed by atoms with Gasteiger partial charge in [0.25, 0.3) is 5.91 Å². The molecule has 0 aliphatic heterocycles. The van der Waals surface area contributed by atoms with Crippen LogP contribution in [0.15, 0.2) is 55.0 Å². The molecule has 0 radical (unpaired) electrons. The summed E-state index contributed by atoms with van der Waals surface area (Å²) >= 11 is 6.10. The van der Waals surface area contributed by atoms with Gasteiger partial charge in [-0.25, -0.2) is 14.6 Å². The SMILES string of the molecule is Cc1cc(C(C)(C)C)ccc1C(=O)NNc1ncnc2c1cnn2-c1cccc(Cl)c1. The van der Waals surface area contributed by atoms with Crippen molar-refractivity contribution in [3.63, 3.8) is 0 Å². The van der Waals surface area contributed by atoms with Gasteiger partial charge in [0.1, 0.15) is 6.33 Å². The van der Waals surface area contributed by atoms with Crippen LogP contribution in [0.5, 0.6) is 0 Å². The summed E-state index contributed by atoms with van der Waals surface area (Å²) in [4.78, 5) is 21.3. The number of halogens is 1. The summed E-state index contributed by atoms with van der Waals surface area (Å²) in [6, 6.07) is 13.2. The normalized spacial score (nSPS) is 11.5. The van der Waals surface area contributed by atoms with E-state index in [0.29, 0.717) is 27.4 Å². The largest absolute Gasteiger partial charge is 0.281 e. The zero-order valence-corrected chi connectivity index (χ0v) is 18.5. The van der Waals surface area contributed by atoms with Crippen molar-refractivity contribution in [2.45, 2.75) is 33.1 Å². The van der Waals surface area contributed by atoms with Crippen LogP contribution in [-0.4, -0.2) is 25.7 Å². The molecule has 1 amide bonds. The Hall–Kier alpha value is -3.45. The quantitative estimate of drug-likeness (QED) is 0.449. The minimum absolute atomic E-state index is 0.0215. The average Bonchev–Trinajstić information content (AvgIpc) is 3.16. The zero-order chi connectivity index (χ0) is 22.2. The third-order valence-corrected chi connectivity index (χ3v) is 5.29. The van der Waals surface area contributed by atoms with Crippen LogP contribution in [0.3, 0.4) is 0 Å². The minimum atomic E-state index is -0.244. The topological polar surface area (TPSA) is 84.7 Å². The van der Waals surface area contributed by atoms with Crippen molar-refractivity contribution in [2.24, 2.45) is 0 Å². The van der Waals surface area contributed by atoms with Gasteiger partial charge in [-0.2, -0.15) is 5.10 Å². The Morgan fingerprint density at radius 2 is 1.90 bits per heavy atom. The predicted molar refractivity (Wildman–Crippen MR) is 123 cm³/mol. The highest BCUT2D eigenvalue weighted by atomic mass is 35.5. The van der Waals surface area contributed by atoms with E-state index in [9.17, 15) is 4.79 Å². The first-order valence-electron chi connectivity index (χ1n) is 9.86. The maximum Gasteiger partial charge on any atom is 0.269 e. The van der Waals surface area contributed by atoms with E-state index in [1.165, 1.54) is 11.9 Å². The molecule has 0 aliphatic carbocycles. The third-order valence-electron chi connectivity index (χ3n) is 5.05. The van der Waals surface area contributed by atoms with E-state index in [4.69, 9.17) is 11.6 Å². The summed E-state index contributed by atoms with van der Waals surface area (Å²) in [5.74, 6) is 0.211. The van der Waals surface area contributed by atoms with Crippen molar-refractivity contribution in [3.8, 4) is 5.69 Å². The first-order chi connectivity index (χ1) is 14.7. The number of anilines is 1. The molecule has 2 N–H and O–H groups in total. The van der Waals surface area contributed by atoms with Crippen molar-refractivity contribution in [3.05, 3.63) is 76.7 Å². The fraction of sp³-hybridized carbons (Fsp3) is 0.217. The van der Waals surface area contributed by atoms with Crippen molar-refractivity contribution in [1.82, 2.24) is 25.2 Å². The molecule has 2 heterocycles. The smallest absolute Gasteiger partial charge is 0.269 e. The minimum Gasteiger partial charge on any atom is -0.281 e. The van der Waals surface area contributed by atoms with Gasteiger partial charge in [-0.15, -0.1) is 0 Å². The second kappa shape index (κ2) is 8.00. The van der Waals surface area contributed by atoms with Gasteiger partial charge in [-0.1, -0.05) is 50.6 Å². The number of hydrogen-bond donors (Lipinski definition) is 2. The van der Waals surface area contributed by atoms with E-state index in [1.54, 1.807) is 23.0 Å². The molecule has 0 aliphatic rings. The molecule has 0 saturated heterocycles. The van der Waals surface area contributed by atoms with E-state index in [-0.39, 0.29) is 11.3 Å². The number of hydrazine groups is 1. The Kier molecular flexibility index (Phi) is 5.37. The van der Waals surface area contributed by atoms with Crippen molar-refractivity contribution >= 4 is 34.4 Å². The lowest BCUT2D eigenvalue weighted by Gasteiger charge is -2.20. The number of carbonyl (C=O) groups is 1. The van der Waals surface area contributed by atoms with Crippen LogP contribution in [0.2, 0.25) is 5.02 Å². The molecule has 4 rings (SSSR count). The van der Waals surface area contributed by atoms with Crippen molar-refractivity contribution in [2.75, 3.05) is 5.43 Å². The van der Waals surface area contributed by atoms with Crippen LogP contribution in [0, 0.1) is 6.92 Å². The monoisotopic (exact) mass is 434 g/mol. The van der Waals surface area contributed by atoms with E-state index in [2.05, 4.69) is 46.7 Å². The maximum atomic E-state index is 12.7. The molecule has 0 bridgehead atoms. The number of hydrogen-bond acceptors (Lipinski definition) is 5. The first-order valence-corrected chi connectivity index (χ1v) is 10.2. The summed E-state index contributed by atoms with van der Waals surface area (Å²) in [6.07, 6.45) is 3.07. The zero-order valence-electron chi connectivity index (χ0n) is 17.8. The number of amides is 1. The Bertz CT molecular complexity index is 1270. The summed E-state index contributed by atoms with van der Waals surface area (Å²) in [7, 11) is 0. The fourth-order valence-electron chi connectivity index (χ4n) is 3.31. The van der Waals surface area contributed by atoms with Crippen LogP contribution in [0.4, 0.5) is 5.82 Å². The van der Waals surface area contributed by atoms with E-state index >= 15 is 0 Å². The highest BCUT2D eigenvalue weighted by molar-refractivity contribution is 6.30. The second-order valence-corrected chi connectivity index (χ2v) is 8.79. The number of carbonyl (C=O) groups excluding carboxylic acids is 1. The molecule has 0 fully saturated rings. The standard InChI is InChI=1S/C23H23ClN6O/c1-14-10-15(23(2,3)4)8-9-18(14)22(31)29-28-20-19-12-27-30(21(19)26-13-25-20)17-7-5-6-16(24)11-17/h5-13H,1-4H3,(H,29,31)(H,25,26,28). The number of nitrogens with zero attached hydrogens (tertiary/aromatic N) is 4. The molecule has 0 spiro atoms. The molecule has 158 valence electrons. The lowest BCUT2D eigenvalue weighted by molar-refractivity contribution is 0.0962. The Morgan fingerprint density at radius 1 is 1.10 bits per heavy atom. The van der Waals surface area contributed by atoms with E-state index in [1.807, 2.05) is 37.3 Å². The number of fused-ring (bicyclic) bond motifs is 1. The Morgan fingerprint density at radius 3 is 2.61 bits per heavy atom. The lowest BCUT2D eigenvalue weighted by atomic mass is 9.85. The summed E-state index contributed by atoms with van der Waals surface area (Å²) < 4.78 is 1.67. The van der Waals surface area contributed by atoms with Gasteiger partial charge in [0.2, 0.25) is 0 Å². The van der Waals surface area contributed by atoms with Gasteiger partial charge < -0.3 is 0 Å². The van der Waals surface area contributed by atoms with Gasteiger partial charge in [0.05, 0.1) is 17.3 Å². The van der Waals surface area contributed by atoms with Gasteiger partial charge >= 0.3 is 0 Å². The lowest BCUT2D eigenvalue weighted by Crippen LogP contribution is -2.30. The van der Waals surface area contributed by atoms with Gasteiger partial charge in [-0.3, -0.25) is 15.6 Å². The molecule has 0 unspecified atom stereocenters. The van der Waals surface area contributed by atoms with Crippen LogP contribution >= 0.6 is 11.6 Å². The van der Waals surface area contributed by atoms with Gasteiger partial charge in [0.15, 0.2) is 11.5 Å². The highest BCUT2D eigenvalue weighted by Gasteiger charge is 2.17. The summed E-state index contributed by atoms with van der Waals surface area (Å²) in [6.45, 7) is 8.37. The van der Waals surface area contributed by atoms with Crippen LogP contribution < -0.4 is 10.9 Å². The van der Waals surface area contributed by atoms with Gasteiger partial charge in [-0.05, 0) is 47.7 Å². The van der Waals surface area contributed by atoms with Crippen LogP contribution in [0.1, 0.15) is 42.3 Å². The molecule has 4 aromatic rings. The number of aromatic nitrogens is 4. The predicted octanol–water partition coefficient (Wildman–Crippen LogP) is 4.83. The van der Waals surface area contributed by atoms with E-state index < -0.39 is 0 Å². The first kappa shape index (κ1) is 20.8. The van der Waals surface area contributed by atoms with Crippen LogP contribution in [-0.2, 0) is 5.41 Å². The molecular formula is C23H23ClN6O. The molecule has 0 atom stereocenters. The maximum absolute atomic E-state index is 12.7. The Balaban J connectivity index is 1.57. The fourth-order valence-corrected chi connectivity index (χ4v) is 3.49. The molecule has 2 aromatic heterocycles. The average molecular weight is 435 g/mol. The van der Waals surface area contributed by atoms with Gasteiger partial charge in [0, 0.05) is 10.6 Å². The van der Waals surface area contributed by atoms with Crippen molar-refractivity contribution in [1.29, 1.82) is 0 Å². The number of benzene rings is 2. The van der Waals surface area contributed by atoms with E-state index in [0.717, 1.165) is 11.3 Å². The number of nitrogens with one attached hydrogen (secondary N) is 2. The molecule has 31 heavy (non-hydrogen) atoms. The summed E-state index contributed by atoms with van der Waals surface area (Å²) in [5, 5.41) is 5.68. The molecule has 7 nitrogen and oxygen atoms in total. The molecule has 8 heteroatoms.